The number of nitrogens with zero attached hydrogens (tertiary/aromatic N) is 1. The lowest BCUT2D eigenvalue weighted by atomic mass is 10.0. The Morgan fingerprint density at radius 3 is 2.33 bits per heavy atom. The minimum atomic E-state index is -0.508. The van der Waals surface area contributed by atoms with Gasteiger partial charge in [0.2, 0.25) is 0 Å². The second kappa shape index (κ2) is 4.94. The Bertz CT molecular complexity index is 221. The summed E-state index contributed by atoms with van der Waals surface area (Å²) in [5.41, 5.74) is -0.508. The van der Waals surface area contributed by atoms with Crippen LogP contribution in [0, 0.1) is 0 Å². The maximum Gasteiger partial charge on any atom is 0.326 e. The summed E-state index contributed by atoms with van der Waals surface area (Å²) in [6, 6.07) is 0. The van der Waals surface area contributed by atoms with Gasteiger partial charge in [-0.05, 0) is 27.7 Å². The Morgan fingerprint density at radius 1 is 1.33 bits per heavy atom. The van der Waals surface area contributed by atoms with E-state index in [2.05, 4.69) is 10.2 Å². The Kier molecular flexibility index (Phi) is 4.11. The normalized spacial score (nSPS) is 19.3. The molecule has 0 radical (unpaired) electrons. The van der Waals surface area contributed by atoms with Crippen LogP contribution < -0.4 is 5.32 Å². The number of nitrogens with one attached hydrogen (secondary N) is 1. The fourth-order valence-electron chi connectivity index (χ4n) is 1.71. The third kappa shape index (κ3) is 3.18. The van der Waals surface area contributed by atoms with Crippen molar-refractivity contribution in [2.75, 3.05) is 26.2 Å². The molecule has 1 aliphatic heterocycles. The lowest BCUT2D eigenvalue weighted by Gasteiger charge is -2.39. The van der Waals surface area contributed by atoms with Crippen LogP contribution in [0.1, 0.15) is 27.7 Å². The van der Waals surface area contributed by atoms with E-state index in [1.165, 1.54) is 0 Å². The van der Waals surface area contributed by atoms with Crippen LogP contribution in [-0.4, -0.2) is 48.7 Å². The fourth-order valence-corrected chi connectivity index (χ4v) is 1.71. The summed E-state index contributed by atoms with van der Waals surface area (Å²) in [5.74, 6) is -0.126. The van der Waals surface area contributed by atoms with Gasteiger partial charge in [-0.3, -0.25) is 9.69 Å². The number of carbonyl (C=O) groups excluding carboxylic acids is 1. The highest BCUT2D eigenvalue weighted by atomic mass is 16.5. The number of esters is 1. The molecule has 4 nitrogen and oxygen atoms in total. The molecule has 0 aromatic heterocycles. The molecule has 88 valence electrons. The zero-order valence-corrected chi connectivity index (χ0v) is 10.2. The van der Waals surface area contributed by atoms with Crippen LogP contribution in [-0.2, 0) is 9.53 Å². The van der Waals surface area contributed by atoms with Crippen LogP contribution >= 0.6 is 0 Å². The van der Waals surface area contributed by atoms with Crippen molar-refractivity contribution < 1.29 is 9.53 Å². The molecule has 0 bridgehead atoms. The number of hydrogen-bond donors (Lipinski definition) is 1. The highest BCUT2D eigenvalue weighted by molar-refractivity contribution is 5.80. The molecule has 0 atom stereocenters. The average Bonchev–Trinajstić information content (AvgIpc) is 2.18. The van der Waals surface area contributed by atoms with Crippen LogP contribution in [0.5, 0.6) is 0 Å². The highest BCUT2D eigenvalue weighted by Gasteiger charge is 2.36. The van der Waals surface area contributed by atoms with E-state index in [0.717, 1.165) is 26.2 Å². The molecule has 0 aromatic carbocycles. The number of ether oxygens (including phenoxy) is 1. The van der Waals surface area contributed by atoms with E-state index < -0.39 is 5.54 Å². The molecule has 1 aliphatic rings. The minimum Gasteiger partial charge on any atom is -0.462 e. The summed E-state index contributed by atoms with van der Waals surface area (Å²) in [6.07, 6.45) is -0.0420. The summed E-state index contributed by atoms with van der Waals surface area (Å²) in [4.78, 5) is 14.1. The Balaban J connectivity index is 2.58. The molecule has 0 aromatic rings. The van der Waals surface area contributed by atoms with Gasteiger partial charge in [-0.15, -0.1) is 0 Å². The van der Waals surface area contributed by atoms with Gasteiger partial charge < -0.3 is 10.1 Å². The van der Waals surface area contributed by atoms with Crippen molar-refractivity contribution in [1.82, 2.24) is 10.2 Å². The SMILES string of the molecule is CC(C)OC(=O)C(C)(C)N1CCNCC1. The van der Waals surface area contributed by atoms with Gasteiger partial charge in [-0.2, -0.15) is 0 Å². The molecule has 4 heteroatoms. The Labute approximate surface area is 92.0 Å². The predicted molar refractivity (Wildman–Crippen MR) is 59.7 cm³/mol. The molecule has 0 unspecified atom stereocenters. The predicted octanol–water partition coefficient (Wildman–Crippen LogP) is 0.622. The first-order valence-electron chi connectivity index (χ1n) is 5.61. The summed E-state index contributed by atoms with van der Waals surface area (Å²) in [5, 5.41) is 3.27. The molecule has 0 aliphatic carbocycles. The van der Waals surface area contributed by atoms with Crippen molar-refractivity contribution in [1.29, 1.82) is 0 Å². The largest absolute Gasteiger partial charge is 0.462 e. The monoisotopic (exact) mass is 214 g/mol. The fraction of sp³-hybridized carbons (Fsp3) is 0.909. The smallest absolute Gasteiger partial charge is 0.326 e. The maximum atomic E-state index is 11.9. The molecule has 1 fully saturated rings. The second-order valence-electron chi connectivity index (χ2n) is 4.75. The summed E-state index contributed by atoms with van der Waals surface area (Å²) >= 11 is 0. The van der Waals surface area contributed by atoms with Crippen LogP contribution in [0.25, 0.3) is 0 Å². The highest BCUT2D eigenvalue weighted by Crippen LogP contribution is 2.17. The number of hydrogen-bond acceptors (Lipinski definition) is 4. The Hall–Kier alpha value is -0.610. The van der Waals surface area contributed by atoms with Gasteiger partial charge in [-0.25, -0.2) is 0 Å². The first kappa shape index (κ1) is 12.5. The van der Waals surface area contributed by atoms with Gasteiger partial charge in [-0.1, -0.05) is 0 Å². The van der Waals surface area contributed by atoms with E-state index in [4.69, 9.17) is 4.74 Å². The summed E-state index contributed by atoms with van der Waals surface area (Å²) < 4.78 is 5.27. The van der Waals surface area contributed by atoms with Gasteiger partial charge in [0.05, 0.1) is 6.10 Å². The van der Waals surface area contributed by atoms with Crippen LogP contribution in [0.3, 0.4) is 0 Å². The van der Waals surface area contributed by atoms with Gasteiger partial charge in [0, 0.05) is 26.2 Å². The number of piperazine rings is 1. The molecule has 0 amide bonds. The molecule has 1 rings (SSSR count). The van der Waals surface area contributed by atoms with Crippen molar-refractivity contribution in [3.8, 4) is 0 Å². The molecule has 1 N–H and O–H groups in total. The zero-order valence-electron chi connectivity index (χ0n) is 10.2. The molecule has 15 heavy (non-hydrogen) atoms. The minimum absolute atomic E-state index is 0.0420. The van der Waals surface area contributed by atoms with Gasteiger partial charge in [0.1, 0.15) is 5.54 Å². The molecule has 0 spiro atoms. The summed E-state index contributed by atoms with van der Waals surface area (Å²) in [7, 11) is 0. The van der Waals surface area contributed by atoms with Crippen LogP contribution in [0.4, 0.5) is 0 Å². The average molecular weight is 214 g/mol. The van der Waals surface area contributed by atoms with Crippen LogP contribution in [0.15, 0.2) is 0 Å². The number of rotatable bonds is 3. The number of carbonyl (C=O) groups is 1. The standard InChI is InChI=1S/C11H22N2O2/c1-9(2)15-10(14)11(3,4)13-7-5-12-6-8-13/h9,12H,5-8H2,1-4H3. The van der Waals surface area contributed by atoms with Crippen molar-refractivity contribution in [3.05, 3.63) is 0 Å². The lowest BCUT2D eigenvalue weighted by molar-refractivity contribution is -0.160. The molecule has 1 heterocycles. The van der Waals surface area contributed by atoms with Crippen molar-refractivity contribution in [2.45, 2.75) is 39.3 Å². The van der Waals surface area contributed by atoms with E-state index >= 15 is 0 Å². The van der Waals surface area contributed by atoms with Crippen molar-refractivity contribution in [2.24, 2.45) is 0 Å². The third-order valence-electron chi connectivity index (χ3n) is 2.75. The first-order chi connectivity index (χ1) is 6.94. The third-order valence-corrected chi connectivity index (χ3v) is 2.75. The van der Waals surface area contributed by atoms with E-state index in [1.807, 2.05) is 27.7 Å². The van der Waals surface area contributed by atoms with Gasteiger partial charge in [0.25, 0.3) is 0 Å². The quantitative estimate of drug-likeness (QED) is 0.699. The Morgan fingerprint density at radius 2 is 1.87 bits per heavy atom. The molecular formula is C11H22N2O2. The van der Waals surface area contributed by atoms with Crippen LogP contribution in [0.2, 0.25) is 0 Å². The lowest BCUT2D eigenvalue weighted by Crippen LogP contribution is -2.57. The maximum absolute atomic E-state index is 11.9. The van der Waals surface area contributed by atoms with E-state index in [-0.39, 0.29) is 12.1 Å². The zero-order chi connectivity index (χ0) is 11.5. The van der Waals surface area contributed by atoms with Crippen molar-refractivity contribution in [3.63, 3.8) is 0 Å². The molecule has 1 saturated heterocycles. The van der Waals surface area contributed by atoms with Gasteiger partial charge in [0.15, 0.2) is 0 Å². The van der Waals surface area contributed by atoms with E-state index in [0.29, 0.717) is 0 Å². The molecular weight excluding hydrogens is 192 g/mol. The first-order valence-corrected chi connectivity index (χ1v) is 5.61. The van der Waals surface area contributed by atoms with Crippen molar-refractivity contribution >= 4 is 5.97 Å². The molecule has 0 saturated carbocycles. The summed E-state index contributed by atoms with van der Waals surface area (Å²) in [6.45, 7) is 11.3. The topological polar surface area (TPSA) is 41.6 Å². The second-order valence-corrected chi connectivity index (χ2v) is 4.75. The van der Waals surface area contributed by atoms with E-state index in [1.54, 1.807) is 0 Å². The van der Waals surface area contributed by atoms with E-state index in [9.17, 15) is 4.79 Å². The van der Waals surface area contributed by atoms with Gasteiger partial charge >= 0.3 is 5.97 Å².